The van der Waals surface area contributed by atoms with Gasteiger partial charge in [-0.05, 0) is 30.3 Å². The monoisotopic (exact) mass is 341 g/mol. The zero-order chi connectivity index (χ0) is 19.8. The van der Waals surface area contributed by atoms with E-state index in [2.05, 4.69) is 14.5 Å². The van der Waals surface area contributed by atoms with Crippen LogP contribution < -0.4 is 4.57 Å². The van der Waals surface area contributed by atoms with E-state index < -0.39 is 6.98 Å². The molecule has 0 aliphatic carbocycles. The molecule has 0 amide bonds. The van der Waals surface area contributed by atoms with Gasteiger partial charge >= 0.3 is 0 Å². The van der Waals surface area contributed by atoms with Crippen molar-refractivity contribution in [2.75, 3.05) is 0 Å². The van der Waals surface area contributed by atoms with Crippen molar-refractivity contribution in [3.8, 4) is 17.1 Å². The molecular weight excluding hydrogens is 322 g/mol. The molecule has 124 valence electrons. The Bertz CT molecular complexity index is 1410. The van der Waals surface area contributed by atoms with Crippen LogP contribution in [0.4, 0.5) is 0 Å². The summed E-state index contributed by atoms with van der Waals surface area (Å²) < 4.78 is 30.4. The lowest BCUT2D eigenvalue weighted by molar-refractivity contribution is -0.645. The Morgan fingerprint density at radius 3 is 2.88 bits per heavy atom. The fraction of sp³-hybridized carbons (Fsp3) is 0.0952. The maximum Gasteiger partial charge on any atom is 0.298 e. The van der Waals surface area contributed by atoms with E-state index in [4.69, 9.17) is 4.11 Å². The minimum absolute atomic E-state index is 0.603. The first-order chi connectivity index (χ1) is 14.1. The molecule has 0 fully saturated rings. The Morgan fingerprint density at radius 1 is 1.08 bits per heavy atom. The normalized spacial score (nSPS) is 14.8. The molecule has 5 aromatic rings. The van der Waals surface area contributed by atoms with Crippen LogP contribution in [-0.4, -0.2) is 19.1 Å². The van der Waals surface area contributed by atoms with Gasteiger partial charge in [-0.15, -0.1) is 0 Å². The van der Waals surface area contributed by atoms with E-state index in [0.29, 0.717) is 23.2 Å². The summed E-state index contributed by atoms with van der Waals surface area (Å²) in [6.07, 6.45) is 5.35. The first-order valence-electron chi connectivity index (χ1n) is 9.98. The third-order valence-electron chi connectivity index (χ3n) is 5.12. The van der Waals surface area contributed by atoms with Crippen molar-refractivity contribution in [2.45, 2.75) is 6.54 Å². The van der Waals surface area contributed by atoms with Crippen LogP contribution in [0.15, 0.2) is 67.1 Å². The summed E-state index contributed by atoms with van der Waals surface area (Å²) in [4.78, 5) is 8.89. The smallest absolute Gasteiger partial charge is 0.298 e. The number of aryl methyl sites for hydroxylation is 1. The third-order valence-corrected chi connectivity index (χ3v) is 5.12. The summed E-state index contributed by atoms with van der Waals surface area (Å²) in [6.45, 7) is -1.69. The summed E-state index contributed by atoms with van der Waals surface area (Å²) in [5.74, 6) is 0.926. The van der Waals surface area contributed by atoms with Gasteiger partial charge in [-0.1, -0.05) is 18.2 Å². The fourth-order valence-corrected chi connectivity index (χ4v) is 4.04. The van der Waals surface area contributed by atoms with Crippen molar-refractivity contribution in [3.63, 3.8) is 0 Å². The van der Waals surface area contributed by atoms with Gasteiger partial charge in [0.15, 0.2) is 0 Å². The molecule has 1 aliphatic rings. The average Bonchev–Trinajstić information content (AvgIpc) is 3.34. The zero-order valence-electron chi connectivity index (χ0n) is 16.8. The van der Waals surface area contributed by atoms with Gasteiger partial charge in [0.25, 0.3) is 11.5 Å². The van der Waals surface area contributed by atoms with Gasteiger partial charge in [0.05, 0.1) is 11.1 Å². The van der Waals surface area contributed by atoms with Crippen LogP contribution in [0.2, 0.25) is 0 Å². The number of hydrogen-bond acceptors (Lipinski definition) is 2. The molecule has 5 heterocycles. The Kier molecular flexibility index (Phi) is 2.06. The topological polar surface area (TPSA) is 39.5 Å². The molecule has 1 aromatic carbocycles. The van der Waals surface area contributed by atoms with Gasteiger partial charge in [-0.3, -0.25) is 4.98 Å². The number of imidazole rings is 1. The van der Waals surface area contributed by atoms with Crippen LogP contribution in [0, 0.1) is 0 Å². The van der Waals surface area contributed by atoms with Gasteiger partial charge < -0.3 is 4.57 Å². The number of fused-ring (bicyclic) bond motifs is 7. The largest absolute Gasteiger partial charge is 0.306 e. The lowest BCUT2D eigenvalue weighted by atomic mass is 10.2. The van der Waals surface area contributed by atoms with E-state index in [-0.39, 0.29) is 0 Å². The molecule has 0 N–H and O–H groups in total. The Hall–Kier alpha value is -3.47. The second-order valence-electron chi connectivity index (χ2n) is 6.49. The summed E-state index contributed by atoms with van der Waals surface area (Å²) in [5, 5.41) is 0. The Morgan fingerprint density at radius 2 is 2.00 bits per heavy atom. The SMILES string of the molecule is [2H]C([2H])([2H])n1c2cccnc2c2c1n(-c1ccccc1)c1[n+]2Cc2ccncc2-1. The highest BCUT2D eigenvalue weighted by molar-refractivity contribution is 6.01. The maximum atomic E-state index is 8.25. The lowest BCUT2D eigenvalue weighted by Crippen LogP contribution is -2.31. The quantitative estimate of drug-likeness (QED) is 0.431. The third kappa shape index (κ3) is 1.57. The molecule has 6 rings (SSSR count). The van der Waals surface area contributed by atoms with Crippen LogP contribution in [-0.2, 0) is 13.5 Å². The minimum Gasteiger partial charge on any atom is -0.306 e. The molecule has 5 heteroatoms. The van der Waals surface area contributed by atoms with E-state index >= 15 is 0 Å². The number of pyridine rings is 2. The maximum absolute atomic E-state index is 8.25. The number of nitrogens with zero attached hydrogens (tertiary/aromatic N) is 5. The molecule has 0 saturated carbocycles. The van der Waals surface area contributed by atoms with Crippen LogP contribution >= 0.6 is 0 Å². The summed E-state index contributed by atoms with van der Waals surface area (Å²) in [6, 6.07) is 15.5. The minimum atomic E-state index is -2.35. The first-order valence-corrected chi connectivity index (χ1v) is 8.48. The van der Waals surface area contributed by atoms with Crippen LogP contribution in [0.25, 0.3) is 39.3 Å². The van der Waals surface area contributed by atoms with E-state index in [1.807, 2.05) is 53.2 Å². The van der Waals surface area contributed by atoms with Crippen LogP contribution in [0.5, 0.6) is 0 Å². The van der Waals surface area contributed by atoms with Gasteiger partial charge in [0, 0.05) is 35.2 Å². The van der Waals surface area contributed by atoms with Gasteiger partial charge in [0.2, 0.25) is 5.52 Å². The average molecular weight is 341 g/mol. The number of hydrogen-bond donors (Lipinski definition) is 0. The zero-order valence-corrected chi connectivity index (χ0v) is 13.8. The number of para-hydroxylation sites is 1. The van der Waals surface area contributed by atoms with Crippen LogP contribution in [0.3, 0.4) is 0 Å². The second kappa shape index (κ2) is 4.79. The summed E-state index contributed by atoms with van der Waals surface area (Å²) in [7, 11) is 0. The molecule has 0 spiro atoms. The van der Waals surface area contributed by atoms with Gasteiger partial charge in [-0.2, -0.15) is 4.57 Å². The number of aromatic nitrogens is 5. The molecule has 0 unspecified atom stereocenters. The first kappa shape index (κ1) is 11.2. The predicted molar refractivity (Wildman–Crippen MR) is 100 cm³/mol. The molecule has 4 aromatic heterocycles. The van der Waals surface area contributed by atoms with E-state index in [1.54, 1.807) is 18.5 Å². The van der Waals surface area contributed by atoms with E-state index in [9.17, 15) is 0 Å². The Balaban J connectivity index is 1.89. The van der Waals surface area contributed by atoms with Crippen LogP contribution in [0.1, 0.15) is 9.68 Å². The molecule has 26 heavy (non-hydrogen) atoms. The van der Waals surface area contributed by atoms with Crippen molar-refractivity contribution in [1.29, 1.82) is 0 Å². The second-order valence-corrected chi connectivity index (χ2v) is 6.49. The number of rotatable bonds is 1. The summed E-state index contributed by atoms with van der Waals surface area (Å²) in [5.41, 5.74) is 5.81. The number of benzene rings is 1. The van der Waals surface area contributed by atoms with Crippen molar-refractivity contribution in [1.82, 2.24) is 19.1 Å². The van der Waals surface area contributed by atoms with Crippen molar-refractivity contribution >= 4 is 22.2 Å². The van der Waals surface area contributed by atoms with Gasteiger partial charge in [-0.25, -0.2) is 9.55 Å². The molecule has 5 nitrogen and oxygen atoms in total. The fourth-order valence-electron chi connectivity index (χ4n) is 4.04. The molecule has 0 atom stereocenters. The van der Waals surface area contributed by atoms with Crippen molar-refractivity contribution < 1.29 is 8.68 Å². The lowest BCUT2D eigenvalue weighted by Gasteiger charge is -2.03. The van der Waals surface area contributed by atoms with E-state index in [1.165, 1.54) is 4.57 Å². The Labute approximate surface area is 154 Å². The summed E-state index contributed by atoms with van der Waals surface area (Å²) >= 11 is 0. The van der Waals surface area contributed by atoms with Crippen molar-refractivity contribution in [3.05, 3.63) is 72.7 Å². The predicted octanol–water partition coefficient (Wildman–Crippen LogP) is 3.23. The standard InChI is InChI=1S/C21H16N5/c1-24-17-8-5-10-23-18(17)19-21(24)26(15-6-3-2-4-7-15)20-16-12-22-11-9-14(16)13-25(19)20/h2-12H,13H2,1H3/q+1/i1D3. The molecule has 0 saturated heterocycles. The highest BCUT2D eigenvalue weighted by atomic mass is 15.3. The highest BCUT2D eigenvalue weighted by Crippen LogP contribution is 2.36. The molecule has 1 aliphatic heterocycles. The van der Waals surface area contributed by atoms with E-state index in [0.717, 1.165) is 28.2 Å². The van der Waals surface area contributed by atoms with Gasteiger partial charge in [0.1, 0.15) is 17.7 Å². The van der Waals surface area contributed by atoms with Crippen molar-refractivity contribution in [2.24, 2.45) is 6.98 Å². The molecule has 0 radical (unpaired) electrons. The highest BCUT2D eigenvalue weighted by Gasteiger charge is 2.38. The molecule has 0 bridgehead atoms. The molecular formula is C21H16N5+.